The van der Waals surface area contributed by atoms with Gasteiger partial charge in [0.2, 0.25) is 0 Å². The fourth-order valence-electron chi connectivity index (χ4n) is 4.36. The van der Waals surface area contributed by atoms with Crippen LogP contribution in [0.5, 0.6) is 17.2 Å². The molecule has 1 aliphatic rings. The van der Waals surface area contributed by atoms with Gasteiger partial charge in [-0.15, -0.1) is 0 Å². The summed E-state index contributed by atoms with van der Waals surface area (Å²) in [5.74, 6) is -0.282. The molecular formula is C33H24BrCl3N2O6. The Bertz CT molecular complexity index is 1800. The number of ether oxygens (including phenoxy) is 3. The van der Waals surface area contributed by atoms with Crippen molar-refractivity contribution in [1.29, 1.82) is 0 Å². The number of hydrogen-bond donors (Lipinski definition) is 1. The van der Waals surface area contributed by atoms with Crippen molar-refractivity contribution in [3.05, 3.63) is 121 Å². The van der Waals surface area contributed by atoms with Crippen molar-refractivity contribution in [2.24, 2.45) is 0 Å². The molecule has 1 N–H and O–H groups in total. The normalized spacial score (nSPS) is 14.0. The first-order valence-corrected chi connectivity index (χ1v) is 15.5. The molecule has 230 valence electrons. The van der Waals surface area contributed by atoms with Gasteiger partial charge in [-0.2, -0.15) is 0 Å². The molecule has 0 unspecified atom stereocenters. The Kier molecular flexibility index (Phi) is 10.4. The van der Waals surface area contributed by atoms with Crippen LogP contribution in [0.25, 0.3) is 6.08 Å². The van der Waals surface area contributed by atoms with E-state index in [0.717, 1.165) is 16.0 Å². The fourth-order valence-corrected chi connectivity index (χ4v) is 5.38. The molecule has 0 radical (unpaired) electrons. The number of anilines is 1. The largest absolute Gasteiger partial charge is 0.490 e. The van der Waals surface area contributed by atoms with Crippen LogP contribution < -0.4 is 24.4 Å². The molecule has 5 rings (SSSR count). The smallest absolute Gasteiger partial charge is 0.335 e. The number of hydrogen-bond acceptors (Lipinski definition) is 6. The van der Waals surface area contributed by atoms with Crippen molar-refractivity contribution in [1.82, 2.24) is 5.32 Å². The minimum Gasteiger partial charge on any atom is -0.490 e. The van der Waals surface area contributed by atoms with E-state index in [4.69, 9.17) is 49.0 Å². The molecule has 0 aliphatic carbocycles. The van der Waals surface area contributed by atoms with Crippen LogP contribution in [0.3, 0.4) is 0 Å². The summed E-state index contributed by atoms with van der Waals surface area (Å²) in [5.41, 5.74) is 2.20. The Morgan fingerprint density at radius 1 is 0.800 bits per heavy atom. The van der Waals surface area contributed by atoms with E-state index in [1.807, 2.05) is 19.1 Å². The monoisotopic (exact) mass is 728 g/mol. The highest BCUT2D eigenvalue weighted by molar-refractivity contribution is 9.10. The molecule has 0 spiro atoms. The van der Waals surface area contributed by atoms with Crippen LogP contribution in [-0.4, -0.2) is 24.5 Å². The number of barbiturate groups is 1. The van der Waals surface area contributed by atoms with Crippen molar-refractivity contribution in [3.63, 3.8) is 0 Å². The van der Waals surface area contributed by atoms with Crippen LogP contribution in [0.1, 0.15) is 23.6 Å². The Hall–Kier alpha value is -4.02. The van der Waals surface area contributed by atoms with Crippen LogP contribution >= 0.6 is 50.7 Å². The minimum atomic E-state index is -0.862. The number of urea groups is 1. The Morgan fingerprint density at radius 2 is 1.49 bits per heavy atom. The van der Waals surface area contributed by atoms with E-state index >= 15 is 0 Å². The lowest BCUT2D eigenvalue weighted by Gasteiger charge is -2.26. The first-order chi connectivity index (χ1) is 21.6. The number of halogens is 4. The number of nitrogens with zero attached hydrogens (tertiary/aromatic N) is 1. The van der Waals surface area contributed by atoms with Gasteiger partial charge in [0, 0.05) is 5.02 Å². The zero-order valence-electron chi connectivity index (χ0n) is 23.6. The first kappa shape index (κ1) is 32.4. The van der Waals surface area contributed by atoms with Crippen molar-refractivity contribution in [2.75, 3.05) is 11.5 Å². The molecule has 1 heterocycles. The maximum Gasteiger partial charge on any atom is 0.335 e. The Balaban J connectivity index is 1.35. The van der Waals surface area contributed by atoms with Gasteiger partial charge < -0.3 is 14.2 Å². The van der Waals surface area contributed by atoms with Crippen molar-refractivity contribution in [3.8, 4) is 17.2 Å². The molecule has 8 nitrogen and oxygen atoms in total. The highest BCUT2D eigenvalue weighted by Gasteiger charge is 2.37. The van der Waals surface area contributed by atoms with Crippen LogP contribution in [0.4, 0.5) is 10.5 Å². The summed E-state index contributed by atoms with van der Waals surface area (Å²) in [6.45, 7) is 2.63. The summed E-state index contributed by atoms with van der Waals surface area (Å²) in [6, 6.07) is 21.3. The van der Waals surface area contributed by atoms with E-state index in [1.54, 1.807) is 66.7 Å². The van der Waals surface area contributed by atoms with Crippen LogP contribution in [0, 0.1) is 0 Å². The van der Waals surface area contributed by atoms with E-state index in [2.05, 4.69) is 21.2 Å². The van der Waals surface area contributed by atoms with Gasteiger partial charge in [0.25, 0.3) is 11.8 Å². The second-order valence-corrected chi connectivity index (χ2v) is 11.8. The zero-order valence-corrected chi connectivity index (χ0v) is 27.5. The second-order valence-electron chi connectivity index (χ2n) is 9.67. The summed E-state index contributed by atoms with van der Waals surface area (Å²) in [5, 5.41) is 3.71. The Labute approximate surface area is 282 Å². The van der Waals surface area contributed by atoms with Gasteiger partial charge in [0.15, 0.2) is 11.5 Å². The quantitative estimate of drug-likeness (QED) is 0.130. The van der Waals surface area contributed by atoms with Gasteiger partial charge in [0.05, 0.1) is 26.8 Å². The lowest BCUT2D eigenvalue weighted by Crippen LogP contribution is -2.54. The third kappa shape index (κ3) is 7.80. The van der Waals surface area contributed by atoms with Gasteiger partial charge in [0.1, 0.15) is 24.5 Å². The standard InChI is InChI=1S/C33H24BrCl3N2O6/c1-2-43-29-16-21(14-26(34)30(29)45-18-20-5-12-27(36)28(37)15-20)13-25-31(40)38-33(42)39(32(25)41)23-8-10-24(11-9-23)44-17-19-3-6-22(35)7-4-19/h3-16H,2,17-18H2,1H3,(H,38,40,42)/b25-13+. The number of amides is 4. The molecule has 45 heavy (non-hydrogen) atoms. The number of carbonyl (C=O) groups is 3. The highest BCUT2D eigenvalue weighted by atomic mass is 79.9. The maximum absolute atomic E-state index is 13.5. The lowest BCUT2D eigenvalue weighted by atomic mass is 10.1. The summed E-state index contributed by atoms with van der Waals surface area (Å²) < 4.78 is 18.1. The maximum atomic E-state index is 13.5. The number of rotatable bonds is 10. The van der Waals surface area contributed by atoms with Crippen LogP contribution in [0.15, 0.2) is 88.9 Å². The van der Waals surface area contributed by atoms with Crippen molar-refractivity contribution in [2.45, 2.75) is 20.1 Å². The zero-order chi connectivity index (χ0) is 32.1. The van der Waals surface area contributed by atoms with Crippen LogP contribution in [0.2, 0.25) is 15.1 Å². The molecule has 0 atom stereocenters. The predicted molar refractivity (Wildman–Crippen MR) is 177 cm³/mol. The van der Waals surface area contributed by atoms with E-state index in [9.17, 15) is 14.4 Å². The van der Waals surface area contributed by atoms with Crippen molar-refractivity contribution >= 4 is 80.3 Å². The number of benzene rings is 4. The van der Waals surface area contributed by atoms with Gasteiger partial charge in [-0.3, -0.25) is 14.9 Å². The van der Waals surface area contributed by atoms with Crippen LogP contribution in [-0.2, 0) is 22.8 Å². The lowest BCUT2D eigenvalue weighted by molar-refractivity contribution is -0.122. The summed E-state index contributed by atoms with van der Waals surface area (Å²) >= 11 is 21.6. The molecule has 4 aromatic rings. The minimum absolute atomic E-state index is 0.179. The predicted octanol–water partition coefficient (Wildman–Crippen LogP) is 8.63. The molecule has 1 aliphatic heterocycles. The molecular weight excluding hydrogens is 707 g/mol. The molecule has 0 aromatic heterocycles. The van der Waals surface area contributed by atoms with Gasteiger partial charge >= 0.3 is 6.03 Å². The van der Waals surface area contributed by atoms with E-state index < -0.39 is 17.8 Å². The van der Waals surface area contributed by atoms with E-state index in [-0.39, 0.29) is 17.9 Å². The van der Waals surface area contributed by atoms with E-state index in [1.165, 1.54) is 6.08 Å². The summed E-state index contributed by atoms with van der Waals surface area (Å²) in [6.07, 6.45) is 1.39. The summed E-state index contributed by atoms with van der Waals surface area (Å²) in [4.78, 5) is 39.9. The molecule has 4 amide bonds. The summed E-state index contributed by atoms with van der Waals surface area (Å²) in [7, 11) is 0. The molecule has 1 fully saturated rings. The number of nitrogens with one attached hydrogen (secondary N) is 1. The Morgan fingerprint density at radius 3 is 2.18 bits per heavy atom. The molecule has 4 aromatic carbocycles. The third-order valence-electron chi connectivity index (χ3n) is 6.53. The molecule has 1 saturated heterocycles. The molecule has 12 heteroatoms. The highest BCUT2D eigenvalue weighted by Crippen LogP contribution is 2.38. The third-order valence-corrected chi connectivity index (χ3v) is 8.11. The number of carbonyl (C=O) groups excluding carboxylic acids is 3. The molecule has 0 bridgehead atoms. The van der Waals surface area contributed by atoms with Gasteiger partial charge in [-0.1, -0.05) is 53.0 Å². The number of imide groups is 2. The van der Waals surface area contributed by atoms with Gasteiger partial charge in [-0.25, -0.2) is 9.69 Å². The van der Waals surface area contributed by atoms with Gasteiger partial charge in [-0.05, 0) is 106 Å². The van der Waals surface area contributed by atoms with E-state index in [0.29, 0.717) is 55.6 Å². The van der Waals surface area contributed by atoms with Crippen molar-refractivity contribution < 1.29 is 28.6 Å². The molecule has 0 saturated carbocycles. The first-order valence-electron chi connectivity index (χ1n) is 13.5. The average molecular weight is 731 g/mol. The average Bonchev–Trinajstić information content (AvgIpc) is 3.01. The fraction of sp³-hybridized carbons (Fsp3) is 0.121. The second kappa shape index (κ2) is 14.4. The topological polar surface area (TPSA) is 94.2 Å². The SMILES string of the molecule is CCOc1cc(/C=C2\C(=O)NC(=O)N(c3ccc(OCc4ccc(Cl)cc4)cc3)C2=O)cc(Br)c1OCc1ccc(Cl)c(Cl)c1.